The number of carbonyl (C=O) groups is 1. The summed E-state index contributed by atoms with van der Waals surface area (Å²) in [6.07, 6.45) is -6.51. The molecule has 0 spiro atoms. The van der Waals surface area contributed by atoms with Gasteiger partial charge < -0.3 is 4.74 Å². The zero-order valence-electron chi connectivity index (χ0n) is 13.5. The highest BCUT2D eigenvalue weighted by Gasteiger charge is 2.47. The van der Waals surface area contributed by atoms with Crippen molar-refractivity contribution in [2.45, 2.75) is 25.6 Å². The number of fused-ring (bicyclic) bond motifs is 1. The predicted octanol–water partition coefficient (Wildman–Crippen LogP) is 4.63. The lowest BCUT2D eigenvalue weighted by Crippen LogP contribution is -2.38. The number of carbonyl (C=O) groups excluding carboxylic acids is 1. The number of halogens is 4. The number of ether oxygens (including phenoxy) is 1. The topological polar surface area (TPSA) is 50.1 Å². The van der Waals surface area contributed by atoms with Gasteiger partial charge in [0.25, 0.3) is 0 Å². The summed E-state index contributed by atoms with van der Waals surface area (Å²) in [6.45, 7) is 1.85. The maximum absolute atomic E-state index is 12.9. The monoisotopic (exact) mass is 369 g/mol. The molecule has 2 atom stereocenters. The van der Waals surface area contributed by atoms with Crippen molar-refractivity contribution in [3.8, 4) is 6.07 Å². The Bertz CT molecular complexity index is 843. The van der Waals surface area contributed by atoms with Gasteiger partial charge in [-0.3, -0.25) is 4.79 Å². The summed E-state index contributed by atoms with van der Waals surface area (Å²) in [6, 6.07) is 9.99. The van der Waals surface area contributed by atoms with Crippen molar-refractivity contribution in [1.82, 2.24) is 0 Å². The van der Waals surface area contributed by atoms with E-state index < -0.39 is 24.0 Å². The molecule has 2 unspecified atom stereocenters. The highest BCUT2D eigenvalue weighted by molar-refractivity contribution is 6.32. The number of benzene rings is 2. The molecular formula is C18H15ClF3NO2. The van der Waals surface area contributed by atoms with Crippen molar-refractivity contribution >= 4 is 28.2 Å². The van der Waals surface area contributed by atoms with Gasteiger partial charge in [-0.05, 0) is 34.9 Å². The molecule has 0 fully saturated rings. The number of ketones is 1. The fraction of sp³-hybridized carbons (Fsp3) is 0.333. The number of rotatable bonds is 5. The number of alkyl halides is 3. The SMILES string of the molecule is COC(Cc1c(Cl)ccc2cccc(C)c12)C(=O)C(C#N)C(F)(F)F. The highest BCUT2D eigenvalue weighted by atomic mass is 35.5. The minimum atomic E-state index is -4.94. The molecule has 132 valence electrons. The van der Waals surface area contributed by atoms with Gasteiger partial charge in [-0.2, -0.15) is 18.4 Å². The van der Waals surface area contributed by atoms with Crippen LogP contribution in [-0.4, -0.2) is 25.2 Å². The summed E-state index contributed by atoms with van der Waals surface area (Å²) >= 11 is 6.23. The van der Waals surface area contributed by atoms with E-state index in [0.29, 0.717) is 10.6 Å². The fourth-order valence-corrected chi connectivity index (χ4v) is 3.03. The van der Waals surface area contributed by atoms with E-state index in [4.69, 9.17) is 21.6 Å². The highest BCUT2D eigenvalue weighted by Crippen LogP contribution is 2.32. The zero-order valence-corrected chi connectivity index (χ0v) is 14.3. The lowest BCUT2D eigenvalue weighted by molar-refractivity contribution is -0.175. The van der Waals surface area contributed by atoms with Crippen molar-refractivity contribution < 1.29 is 22.7 Å². The van der Waals surface area contributed by atoms with Crippen molar-refractivity contribution in [3.63, 3.8) is 0 Å². The molecule has 0 aromatic heterocycles. The van der Waals surface area contributed by atoms with Crippen molar-refractivity contribution in [2.24, 2.45) is 5.92 Å². The second kappa shape index (κ2) is 7.42. The van der Waals surface area contributed by atoms with Gasteiger partial charge in [-0.25, -0.2) is 0 Å². The first kappa shape index (κ1) is 19.2. The van der Waals surface area contributed by atoms with Crippen LogP contribution >= 0.6 is 11.6 Å². The number of methoxy groups -OCH3 is 1. The summed E-state index contributed by atoms with van der Waals surface area (Å²) < 4.78 is 43.6. The van der Waals surface area contributed by atoms with Crippen LogP contribution in [0.3, 0.4) is 0 Å². The minimum Gasteiger partial charge on any atom is -0.373 e. The van der Waals surface area contributed by atoms with Gasteiger partial charge in [-0.15, -0.1) is 0 Å². The Morgan fingerprint density at radius 1 is 1.32 bits per heavy atom. The van der Waals surface area contributed by atoms with E-state index in [2.05, 4.69) is 0 Å². The summed E-state index contributed by atoms with van der Waals surface area (Å²) in [7, 11) is 1.14. The molecule has 0 bridgehead atoms. The Hall–Kier alpha value is -2.10. The van der Waals surface area contributed by atoms with Crippen LogP contribution in [0.25, 0.3) is 10.8 Å². The fourth-order valence-electron chi connectivity index (χ4n) is 2.79. The van der Waals surface area contributed by atoms with E-state index in [9.17, 15) is 18.0 Å². The van der Waals surface area contributed by atoms with Crippen molar-refractivity contribution in [3.05, 3.63) is 46.5 Å². The Morgan fingerprint density at radius 3 is 2.56 bits per heavy atom. The lowest BCUT2D eigenvalue weighted by Gasteiger charge is -2.21. The van der Waals surface area contributed by atoms with E-state index in [1.54, 1.807) is 12.1 Å². The van der Waals surface area contributed by atoms with Crippen LogP contribution in [0.4, 0.5) is 13.2 Å². The number of nitrogens with zero attached hydrogens (tertiary/aromatic N) is 1. The van der Waals surface area contributed by atoms with E-state index in [-0.39, 0.29) is 6.42 Å². The molecular weight excluding hydrogens is 355 g/mol. The molecule has 0 radical (unpaired) electrons. The smallest absolute Gasteiger partial charge is 0.373 e. The first-order valence-corrected chi connectivity index (χ1v) is 7.78. The van der Waals surface area contributed by atoms with Gasteiger partial charge in [-0.1, -0.05) is 35.9 Å². The van der Waals surface area contributed by atoms with Crippen molar-refractivity contribution in [2.75, 3.05) is 7.11 Å². The molecule has 0 aliphatic heterocycles. The normalized spacial score (nSPS) is 14.1. The van der Waals surface area contributed by atoms with Crippen LogP contribution in [-0.2, 0) is 16.0 Å². The third-order valence-corrected chi connectivity index (χ3v) is 4.39. The van der Waals surface area contributed by atoms with Crippen LogP contribution in [0.2, 0.25) is 5.02 Å². The largest absolute Gasteiger partial charge is 0.411 e. The summed E-state index contributed by atoms with van der Waals surface area (Å²) in [5.41, 5.74) is 1.40. The molecule has 2 rings (SSSR count). The Morgan fingerprint density at radius 2 is 2.00 bits per heavy atom. The molecule has 3 nitrogen and oxygen atoms in total. The van der Waals surface area contributed by atoms with Gasteiger partial charge in [0.05, 0.1) is 6.07 Å². The molecule has 0 N–H and O–H groups in total. The minimum absolute atomic E-state index is 0.148. The van der Waals surface area contributed by atoms with Crippen LogP contribution in [0, 0.1) is 24.2 Å². The number of nitriles is 1. The number of hydrogen-bond donors (Lipinski definition) is 0. The van der Waals surface area contributed by atoms with Crippen LogP contribution < -0.4 is 0 Å². The Kier molecular flexibility index (Phi) is 5.71. The third kappa shape index (κ3) is 3.94. The van der Waals surface area contributed by atoms with Gasteiger partial charge in [0.15, 0.2) is 5.78 Å². The molecule has 25 heavy (non-hydrogen) atoms. The Balaban J connectivity index is 2.47. The maximum Gasteiger partial charge on any atom is 0.411 e. The molecule has 2 aromatic carbocycles. The van der Waals surface area contributed by atoms with Gasteiger partial charge in [0.1, 0.15) is 6.10 Å². The van der Waals surface area contributed by atoms with Gasteiger partial charge >= 0.3 is 6.18 Å². The average molecular weight is 370 g/mol. The first-order chi connectivity index (χ1) is 11.7. The van der Waals surface area contributed by atoms with Crippen molar-refractivity contribution in [1.29, 1.82) is 5.26 Å². The van der Waals surface area contributed by atoms with E-state index in [1.165, 1.54) is 0 Å². The molecule has 7 heteroatoms. The van der Waals surface area contributed by atoms with Crippen LogP contribution in [0.15, 0.2) is 30.3 Å². The third-order valence-electron chi connectivity index (χ3n) is 4.04. The molecule has 0 aliphatic carbocycles. The number of Topliss-reactive ketones (excluding diaryl/α,β-unsaturated/α-hetero) is 1. The standard InChI is InChI=1S/C18H15ClF3NO2/c1-10-4-3-5-11-6-7-14(19)12(16(10)11)8-15(25-2)17(24)13(9-23)18(20,21)22/h3-7,13,15H,8H2,1-2H3. The number of aryl methyl sites for hydroxylation is 1. The summed E-state index contributed by atoms with van der Waals surface area (Å²) in [5, 5.41) is 10.7. The lowest BCUT2D eigenvalue weighted by atomic mass is 9.92. The summed E-state index contributed by atoms with van der Waals surface area (Å²) in [5.74, 6) is -4.05. The van der Waals surface area contributed by atoms with Crippen LogP contribution in [0.5, 0.6) is 0 Å². The quantitative estimate of drug-likeness (QED) is 0.772. The molecule has 0 heterocycles. The van der Waals surface area contributed by atoms with Crippen LogP contribution in [0.1, 0.15) is 11.1 Å². The molecule has 0 saturated carbocycles. The number of hydrogen-bond acceptors (Lipinski definition) is 3. The Labute approximate surface area is 148 Å². The molecule has 0 amide bonds. The molecule has 2 aromatic rings. The second-order valence-corrected chi connectivity index (χ2v) is 6.04. The average Bonchev–Trinajstić information content (AvgIpc) is 2.53. The second-order valence-electron chi connectivity index (χ2n) is 5.63. The summed E-state index contributed by atoms with van der Waals surface area (Å²) in [4.78, 5) is 12.2. The maximum atomic E-state index is 12.9. The molecule has 0 aliphatic rings. The molecule has 0 saturated heterocycles. The van der Waals surface area contributed by atoms with Gasteiger partial charge in [0, 0.05) is 18.6 Å². The van der Waals surface area contributed by atoms with E-state index in [1.807, 2.05) is 25.1 Å². The van der Waals surface area contributed by atoms with E-state index in [0.717, 1.165) is 29.5 Å². The van der Waals surface area contributed by atoms with E-state index >= 15 is 0 Å². The predicted molar refractivity (Wildman–Crippen MR) is 88.4 cm³/mol. The zero-order chi connectivity index (χ0) is 18.8. The van der Waals surface area contributed by atoms with Gasteiger partial charge in [0.2, 0.25) is 5.92 Å². The first-order valence-electron chi connectivity index (χ1n) is 7.40.